The van der Waals surface area contributed by atoms with Gasteiger partial charge in [-0.05, 0) is 35.0 Å². The molecule has 0 aliphatic carbocycles. The highest BCUT2D eigenvalue weighted by molar-refractivity contribution is 9.10. The van der Waals surface area contributed by atoms with Crippen molar-refractivity contribution in [2.45, 2.75) is 13.5 Å². The second-order valence-corrected chi connectivity index (χ2v) is 6.68. The van der Waals surface area contributed by atoms with E-state index in [0.29, 0.717) is 15.6 Å². The molecule has 9 heteroatoms. The van der Waals surface area contributed by atoms with Gasteiger partial charge in [-0.3, -0.25) is 19.6 Å². The van der Waals surface area contributed by atoms with Crippen LogP contribution in [0.2, 0.25) is 0 Å². The van der Waals surface area contributed by atoms with Crippen LogP contribution in [0.25, 0.3) is 0 Å². The van der Waals surface area contributed by atoms with E-state index in [1.54, 1.807) is 31.3 Å². The van der Waals surface area contributed by atoms with Crippen molar-refractivity contribution in [3.05, 3.63) is 85.8 Å². The highest BCUT2D eigenvalue weighted by Gasteiger charge is 2.17. The molecule has 0 saturated carbocycles. The zero-order valence-electron chi connectivity index (χ0n) is 14.1. The molecule has 1 N–H and O–H groups in total. The summed E-state index contributed by atoms with van der Waals surface area (Å²) in [5.41, 5.74) is 0.932. The number of hydrogen-bond acceptors (Lipinski definition) is 4. The Morgan fingerprint density at radius 3 is 2.78 bits per heavy atom. The maximum absolute atomic E-state index is 13.8. The van der Waals surface area contributed by atoms with Crippen LogP contribution in [0.4, 0.5) is 15.9 Å². The number of hydrogen-bond donors (Lipinski definition) is 1. The average Bonchev–Trinajstić information content (AvgIpc) is 2.96. The number of nitro groups is 1. The minimum atomic E-state index is -0.537. The molecule has 0 fully saturated rings. The molecule has 0 bridgehead atoms. The third-order valence-corrected chi connectivity index (χ3v) is 4.49. The zero-order chi connectivity index (χ0) is 19.6. The van der Waals surface area contributed by atoms with Crippen LogP contribution >= 0.6 is 15.9 Å². The van der Waals surface area contributed by atoms with Crippen LogP contribution in [-0.2, 0) is 6.54 Å². The van der Waals surface area contributed by atoms with Gasteiger partial charge in [-0.1, -0.05) is 24.3 Å². The van der Waals surface area contributed by atoms with E-state index in [9.17, 15) is 19.3 Å². The summed E-state index contributed by atoms with van der Waals surface area (Å²) in [6.45, 7) is 1.79. The Labute approximate surface area is 162 Å². The molecule has 2 aromatic carbocycles. The van der Waals surface area contributed by atoms with Gasteiger partial charge in [0.1, 0.15) is 5.82 Å². The van der Waals surface area contributed by atoms with Crippen molar-refractivity contribution in [3.63, 3.8) is 0 Å². The molecule has 0 radical (unpaired) electrons. The number of benzene rings is 2. The quantitative estimate of drug-likeness (QED) is 0.480. The summed E-state index contributed by atoms with van der Waals surface area (Å²) in [6.07, 6.45) is 1.61. The Balaban J connectivity index is 1.79. The monoisotopic (exact) mass is 432 g/mol. The molecule has 3 rings (SSSR count). The molecule has 1 aromatic heterocycles. The molecule has 138 valence electrons. The lowest BCUT2D eigenvalue weighted by atomic mass is 10.1. The van der Waals surface area contributed by atoms with Crippen LogP contribution in [0.5, 0.6) is 0 Å². The van der Waals surface area contributed by atoms with Crippen molar-refractivity contribution in [1.82, 2.24) is 9.78 Å². The number of aromatic nitrogens is 2. The van der Waals surface area contributed by atoms with Crippen LogP contribution in [0.3, 0.4) is 0 Å². The maximum atomic E-state index is 13.8. The smallest absolute Gasteiger partial charge is 0.273 e. The van der Waals surface area contributed by atoms with Gasteiger partial charge in [-0.15, -0.1) is 0 Å². The number of amides is 1. The molecule has 0 spiro atoms. The number of halogens is 2. The summed E-state index contributed by atoms with van der Waals surface area (Å²) in [5.74, 6) is -0.642. The highest BCUT2D eigenvalue weighted by Crippen LogP contribution is 2.24. The minimum absolute atomic E-state index is 0.133. The van der Waals surface area contributed by atoms with E-state index < -0.39 is 10.8 Å². The fourth-order valence-corrected chi connectivity index (χ4v) is 2.91. The summed E-state index contributed by atoms with van der Waals surface area (Å²) in [4.78, 5) is 22.9. The van der Waals surface area contributed by atoms with Crippen molar-refractivity contribution < 1.29 is 14.1 Å². The van der Waals surface area contributed by atoms with Crippen molar-refractivity contribution in [1.29, 1.82) is 0 Å². The van der Waals surface area contributed by atoms with Gasteiger partial charge in [0.15, 0.2) is 5.82 Å². The first-order valence-corrected chi connectivity index (χ1v) is 8.67. The standard InChI is InChI=1S/C18H14BrFN4O3/c1-11-6-7-12(8-16(11)24(26)27)18(25)21-17-14(19)10-23(22-17)9-13-4-2-3-5-15(13)20/h2-8,10H,9H2,1H3,(H,21,22,25). The molecule has 1 heterocycles. The zero-order valence-corrected chi connectivity index (χ0v) is 15.7. The third kappa shape index (κ3) is 4.20. The molecule has 0 aliphatic heterocycles. The van der Waals surface area contributed by atoms with E-state index in [1.165, 1.54) is 28.9 Å². The Kier molecular flexibility index (Phi) is 5.31. The van der Waals surface area contributed by atoms with Gasteiger partial charge in [-0.25, -0.2) is 4.39 Å². The third-order valence-electron chi connectivity index (χ3n) is 3.91. The molecule has 0 aliphatic rings. The summed E-state index contributed by atoms with van der Waals surface area (Å²) in [7, 11) is 0. The molecule has 0 saturated heterocycles. The second kappa shape index (κ2) is 7.67. The van der Waals surface area contributed by atoms with E-state index in [2.05, 4.69) is 26.3 Å². The first kappa shape index (κ1) is 18.7. The van der Waals surface area contributed by atoms with Crippen molar-refractivity contribution >= 4 is 33.3 Å². The normalized spacial score (nSPS) is 10.6. The second-order valence-electron chi connectivity index (χ2n) is 5.83. The molecule has 0 atom stereocenters. The summed E-state index contributed by atoms with van der Waals surface area (Å²) < 4.78 is 15.8. The van der Waals surface area contributed by atoms with E-state index in [0.717, 1.165) is 0 Å². The Morgan fingerprint density at radius 1 is 1.33 bits per heavy atom. The number of anilines is 1. The van der Waals surface area contributed by atoms with Gasteiger partial charge < -0.3 is 5.32 Å². The van der Waals surface area contributed by atoms with E-state index >= 15 is 0 Å². The fraction of sp³-hybridized carbons (Fsp3) is 0.111. The number of carbonyl (C=O) groups excluding carboxylic acids is 1. The lowest BCUT2D eigenvalue weighted by molar-refractivity contribution is -0.385. The van der Waals surface area contributed by atoms with Gasteiger partial charge in [0.05, 0.1) is 15.9 Å². The molecule has 0 unspecified atom stereocenters. The van der Waals surface area contributed by atoms with E-state index in [4.69, 9.17) is 0 Å². The Bertz CT molecular complexity index is 1040. The number of carbonyl (C=O) groups is 1. The van der Waals surface area contributed by atoms with Crippen LogP contribution in [0, 0.1) is 22.9 Å². The predicted molar refractivity (Wildman–Crippen MR) is 101 cm³/mol. The first-order valence-electron chi connectivity index (χ1n) is 7.88. The van der Waals surface area contributed by atoms with Gasteiger partial charge in [0.25, 0.3) is 11.6 Å². The number of nitrogens with zero attached hydrogens (tertiary/aromatic N) is 3. The molecular formula is C18H14BrFN4O3. The summed E-state index contributed by atoms with van der Waals surface area (Å²) in [6, 6.07) is 10.6. The van der Waals surface area contributed by atoms with Crippen molar-refractivity contribution in [2.24, 2.45) is 0 Å². The van der Waals surface area contributed by atoms with Crippen LogP contribution in [0.1, 0.15) is 21.5 Å². The van der Waals surface area contributed by atoms with Crippen LogP contribution < -0.4 is 5.32 Å². The number of aryl methyl sites for hydroxylation is 1. The van der Waals surface area contributed by atoms with Gasteiger partial charge in [0, 0.05) is 29.0 Å². The summed E-state index contributed by atoms with van der Waals surface area (Å²) >= 11 is 3.30. The molecule has 27 heavy (non-hydrogen) atoms. The van der Waals surface area contributed by atoms with Gasteiger partial charge >= 0.3 is 0 Å². The summed E-state index contributed by atoms with van der Waals surface area (Å²) in [5, 5.41) is 17.9. The average molecular weight is 433 g/mol. The lowest BCUT2D eigenvalue weighted by Gasteiger charge is -2.05. The van der Waals surface area contributed by atoms with Crippen LogP contribution in [0.15, 0.2) is 53.1 Å². The molecule has 7 nitrogen and oxygen atoms in total. The number of nitrogens with one attached hydrogen (secondary N) is 1. The number of rotatable bonds is 5. The van der Waals surface area contributed by atoms with Gasteiger partial charge in [-0.2, -0.15) is 5.10 Å². The van der Waals surface area contributed by atoms with E-state index in [-0.39, 0.29) is 29.4 Å². The van der Waals surface area contributed by atoms with Gasteiger partial charge in [0.2, 0.25) is 0 Å². The SMILES string of the molecule is Cc1ccc(C(=O)Nc2nn(Cc3ccccc3F)cc2Br)cc1[N+](=O)[O-]. The molecular weight excluding hydrogens is 419 g/mol. The van der Waals surface area contributed by atoms with Crippen LogP contribution in [-0.4, -0.2) is 20.6 Å². The topological polar surface area (TPSA) is 90.1 Å². The van der Waals surface area contributed by atoms with E-state index in [1.807, 2.05) is 0 Å². The predicted octanol–water partition coefficient (Wildman–Crippen LogP) is 4.30. The van der Waals surface area contributed by atoms with Crippen molar-refractivity contribution in [3.8, 4) is 0 Å². The highest BCUT2D eigenvalue weighted by atomic mass is 79.9. The fourth-order valence-electron chi connectivity index (χ4n) is 2.49. The largest absolute Gasteiger partial charge is 0.304 e. The Hall–Kier alpha value is -3.07. The van der Waals surface area contributed by atoms with Crippen molar-refractivity contribution in [2.75, 3.05) is 5.32 Å². The lowest BCUT2D eigenvalue weighted by Crippen LogP contribution is -2.13. The molecule has 3 aromatic rings. The Morgan fingerprint density at radius 2 is 2.07 bits per heavy atom. The maximum Gasteiger partial charge on any atom is 0.273 e. The first-order chi connectivity index (χ1) is 12.8. The minimum Gasteiger partial charge on any atom is -0.304 e. The number of nitro benzene ring substituents is 1. The molecule has 1 amide bonds.